The van der Waals surface area contributed by atoms with Gasteiger partial charge in [0, 0.05) is 13.0 Å². The summed E-state index contributed by atoms with van der Waals surface area (Å²) >= 11 is 0. The molecule has 0 aromatic heterocycles. The van der Waals surface area contributed by atoms with Crippen molar-refractivity contribution in [2.45, 2.75) is 32.0 Å². The Kier molecular flexibility index (Phi) is 5.46. The van der Waals surface area contributed by atoms with E-state index >= 15 is 0 Å². The van der Waals surface area contributed by atoms with Crippen molar-refractivity contribution in [2.75, 3.05) is 6.54 Å². The van der Waals surface area contributed by atoms with Crippen LogP contribution in [0.3, 0.4) is 0 Å². The van der Waals surface area contributed by atoms with Crippen LogP contribution in [0.4, 0.5) is 13.2 Å². The summed E-state index contributed by atoms with van der Waals surface area (Å²) < 4.78 is 39.9. The van der Waals surface area contributed by atoms with Crippen LogP contribution < -0.4 is 10.1 Å². The topological polar surface area (TPSA) is 38.3 Å². The lowest BCUT2D eigenvalue weighted by molar-refractivity contribution is -0.274. The van der Waals surface area contributed by atoms with Crippen molar-refractivity contribution in [2.24, 2.45) is 5.92 Å². The zero-order valence-corrected chi connectivity index (χ0v) is 12.0. The van der Waals surface area contributed by atoms with Crippen LogP contribution in [0.25, 0.3) is 0 Å². The van der Waals surface area contributed by atoms with Crippen molar-refractivity contribution in [1.82, 2.24) is 5.32 Å². The van der Waals surface area contributed by atoms with Crippen molar-refractivity contribution in [1.29, 1.82) is 0 Å². The quantitative estimate of drug-likeness (QED) is 0.815. The molecule has 1 aliphatic rings. The minimum absolute atomic E-state index is 0.00794. The molecule has 2 rings (SSSR count). The summed E-state index contributed by atoms with van der Waals surface area (Å²) in [5.74, 6) is 0.0979. The van der Waals surface area contributed by atoms with Gasteiger partial charge in [-0.1, -0.05) is 24.3 Å². The van der Waals surface area contributed by atoms with Gasteiger partial charge in [-0.25, -0.2) is 0 Å². The van der Waals surface area contributed by atoms with Gasteiger partial charge in [-0.05, 0) is 42.9 Å². The molecule has 1 aromatic rings. The van der Waals surface area contributed by atoms with E-state index in [1.165, 1.54) is 12.1 Å². The average Bonchev–Trinajstić information content (AvgIpc) is 2.92. The number of carbonyl (C=O) groups excluding carboxylic acids is 1. The van der Waals surface area contributed by atoms with Gasteiger partial charge in [-0.2, -0.15) is 0 Å². The van der Waals surface area contributed by atoms with Gasteiger partial charge in [-0.3, -0.25) is 4.79 Å². The number of allylic oxidation sites excluding steroid dienone is 2. The van der Waals surface area contributed by atoms with E-state index in [4.69, 9.17) is 0 Å². The number of ether oxygens (including phenoxy) is 1. The smallest absolute Gasteiger partial charge is 0.406 e. The van der Waals surface area contributed by atoms with E-state index in [0.29, 0.717) is 25.3 Å². The summed E-state index contributed by atoms with van der Waals surface area (Å²) in [6.07, 6.45) is 2.59. The number of halogens is 3. The number of rotatable bonds is 6. The van der Waals surface area contributed by atoms with Gasteiger partial charge in [0.25, 0.3) is 0 Å². The van der Waals surface area contributed by atoms with Gasteiger partial charge < -0.3 is 10.1 Å². The first-order chi connectivity index (χ1) is 10.4. The highest BCUT2D eigenvalue weighted by Crippen LogP contribution is 2.23. The summed E-state index contributed by atoms with van der Waals surface area (Å²) in [6, 6.07) is 5.67. The number of hydrogen-bond donors (Lipinski definition) is 1. The van der Waals surface area contributed by atoms with Crippen LogP contribution in [0.1, 0.15) is 24.8 Å². The summed E-state index contributed by atoms with van der Waals surface area (Å²) in [7, 11) is 0. The van der Waals surface area contributed by atoms with Gasteiger partial charge in [0.1, 0.15) is 5.75 Å². The second-order valence-electron chi connectivity index (χ2n) is 5.26. The van der Waals surface area contributed by atoms with Crippen LogP contribution in [0.15, 0.2) is 36.4 Å². The normalized spacial score (nSPS) is 17.5. The van der Waals surface area contributed by atoms with E-state index in [9.17, 15) is 18.0 Å². The Balaban J connectivity index is 1.70. The molecule has 1 N–H and O–H groups in total. The molecule has 0 spiro atoms. The van der Waals surface area contributed by atoms with Gasteiger partial charge in [0.15, 0.2) is 0 Å². The SMILES string of the molecule is O=C(C[C@@H]1C=CCC1)NCCc1ccc(OC(F)(F)F)cc1. The van der Waals surface area contributed by atoms with Crippen molar-refractivity contribution in [3.05, 3.63) is 42.0 Å². The third-order valence-electron chi connectivity index (χ3n) is 3.45. The maximum Gasteiger partial charge on any atom is 0.573 e. The fourth-order valence-electron chi connectivity index (χ4n) is 2.38. The molecule has 0 unspecified atom stereocenters. The Morgan fingerprint density at radius 2 is 2.00 bits per heavy atom. The molecule has 0 aliphatic heterocycles. The summed E-state index contributed by atoms with van der Waals surface area (Å²) in [6.45, 7) is 0.467. The van der Waals surface area contributed by atoms with Crippen LogP contribution >= 0.6 is 0 Å². The molecular weight excluding hydrogens is 295 g/mol. The van der Waals surface area contributed by atoms with Gasteiger partial charge in [0.2, 0.25) is 5.91 Å². The minimum Gasteiger partial charge on any atom is -0.406 e. The molecule has 3 nitrogen and oxygen atoms in total. The second kappa shape index (κ2) is 7.33. The lowest BCUT2D eigenvalue weighted by Gasteiger charge is -2.10. The molecule has 1 aliphatic carbocycles. The van der Waals surface area contributed by atoms with Crippen LogP contribution in [0.5, 0.6) is 5.75 Å². The number of alkyl halides is 3. The Bertz CT molecular complexity index is 523. The zero-order valence-electron chi connectivity index (χ0n) is 12.0. The Labute approximate surface area is 127 Å². The Morgan fingerprint density at radius 1 is 1.27 bits per heavy atom. The van der Waals surface area contributed by atoms with Crippen LogP contribution in [-0.2, 0) is 11.2 Å². The number of hydrogen-bond acceptors (Lipinski definition) is 2. The van der Waals surface area contributed by atoms with Crippen molar-refractivity contribution < 1.29 is 22.7 Å². The number of nitrogens with one attached hydrogen (secondary N) is 1. The molecule has 1 aromatic carbocycles. The highest BCUT2D eigenvalue weighted by atomic mass is 19.4. The van der Waals surface area contributed by atoms with Gasteiger partial charge >= 0.3 is 6.36 Å². The standard InChI is InChI=1S/C16H18F3NO2/c17-16(18,19)22-14-7-5-12(6-8-14)9-10-20-15(21)11-13-3-1-2-4-13/h1,3,5-8,13H,2,4,9-11H2,(H,20,21)/t13-/m1/s1. The molecule has 0 saturated heterocycles. The molecule has 120 valence electrons. The molecule has 0 radical (unpaired) electrons. The predicted molar refractivity (Wildman–Crippen MR) is 76.3 cm³/mol. The largest absolute Gasteiger partial charge is 0.573 e. The number of benzene rings is 1. The summed E-state index contributed by atoms with van der Waals surface area (Å²) in [5.41, 5.74) is 0.843. The van der Waals surface area contributed by atoms with Crippen LogP contribution in [-0.4, -0.2) is 18.8 Å². The van der Waals surface area contributed by atoms with Crippen molar-refractivity contribution in [3.8, 4) is 5.75 Å². The third kappa shape index (κ3) is 5.79. The predicted octanol–water partition coefficient (Wildman–Crippen LogP) is 3.60. The molecule has 6 heteroatoms. The highest BCUT2D eigenvalue weighted by molar-refractivity contribution is 5.76. The molecule has 0 saturated carbocycles. The zero-order chi connectivity index (χ0) is 16.0. The fraction of sp³-hybridized carbons (Fsp3) is 0.438. The van der Waals surface area contributed by atoms with Crippen LogP contribution in [0, 0.1) is 5.92 Å². The molecule has 0 heterocycles. The average molecular weight is 313 g/mol. The maximum absolute atomic E-state index is 12.0. The number of carbonyl (C=O) groups is 1. The molecule has 1 amide bonds. The second-order valence-corrected chi connectivity index (χ2v) is 5.26. The molecule has 0 bridgehead atoms. The summed E-state index contributed by atoms with van der Waals surface area (Å²) in [5, 5.41) is 2.83. The van der Waals surface area contributed by atoms with E-state index in [2.05, 4.69) is 22.2 Å². The molecular formula is C16H18F3NO2. The first-order valence-corrected chi connectivity index (χ1v) is 7.20. The monoisotopic (exact) mass is 313 g/mol. The first kappa shape index (κ1) is 16.4. The third-order valence-corrected chi connectivity index (χ3v) is 3.45. The first-order valence-electron chi connectivity index (χ1n) is 7.20. The van der Waals surface area contributed by atoms with E-state index < -0.39 is 6.36 Å². The molecule has 22 heavy (non-hydrogen) atoms. The van der Waals surface area contributed by atoms with E-state index in [0.717, 1.165) is 18.4 Å². The summed E-state index contributed by atoms with van der Waals surface area (Å²) in [4.78, 5) is 11.7. The highest BCUT2D eigenvalue weighted by Gasteiger charge is 2.30. The van der Waals surface area contributed by atoms with Crippen LogP contribution in [0.2, 0.25) is 0 Å². The lowest BCUT2D eigenvalue weighted by atomic mass is 10.1. The molecule has 0 fully saturated rings. The van der Waals surface area contributed by atoms with Gasteiger partial charge in [0.05, 0.1) is 0 Å². The van der Waals surface area contributed by atoms with E-state index in [-0.39, 0.29) is 11.7 Å². The maximum atomic E-state index is 12.0. The Hall–Kier alpha value is -1.98. The van der Waals surface area contributed by atoms with E-state index in [1.807, 2.05) is 0 Å². The van der Waals surface area contributed by atoms with Gasteiger partial charge in [-0.15, -0.1) is 13.2 Å². The fourth-order valence-corrected chi connectivity index (χ4v) is 2.38. The number of amides is 1. The lowest BCUT2D eigenvalue weighted by Crippen LogP contribution is -2.27. The Morgan fingerprint density at radius 3 is 2.59 bits per heavy atom. The minimum atomic E-state index is -4.68. The van der Waals surface area contributed by atoms with E-state index in [1.54, 1.807) is 12.1 Å². The van der Waals surface area contributed by atoms with Crippen molar-refractivity contribution >= 4 is 5.91 Å². The van der Waals surface area contributed by atoms with Crippen molar-refractivity contribution in [3.63, 3.8) is 0 Å². The molecule has 1 atom stereocenters.